The van der Waals surface area contributed by atoms with Gasteiger partial charge < -0.3 is 5.32 Å². The number of aromatic nitrogens is 2. The zero-order valence-electron chi connectivity index (χ0n) is 30.6. The summed E-state index contributed by atoms with van der Waals surface area (Å²) in [5.74, 6) is -4.15. The lowest BCUT2D eigenvalue weighted by Crippen LogP contribution is -2.55. The minimum Gasteiger partial charge on any atom is -0.322 e. The maximum Gasteiger partial charge on any atom is 0.501 e. The van der Waals surface area contributed by atoms with Gasteiger partial charge in [-0.05, 0) is 58.7 Å². The number of nitrogens with zero attached hydrogens (tertiary/aromatic N) is 3. The van der Waals surface area contributed by atoms with Crippen molar-refractivity contribution in [1.29, 1.82) is 0 Å². The van der Waals surface area contributed by atoms with Crippen molar-refractivity contribution in [3.05, 3.63) is 144 Å². The van der Waals surface area contributed by atoms with Crippen molar-refractivity contribution in [1.82, 2.24) is 15.3 Å². The third-order valence-electron chi connectivity index (χ3n) is 9.72. The number of urea groups is 1. The maximum absolute atomic E-state index is 15.0. The molecule has 1 aliphatic rings. The quantitative estimate of drug-likeness (QED) is 0.110. The number of hydrogen-bond acceptors (Lipinski definition) is 10. The van der Waals surface area contributed by atoms with Crippen molar-refractivity contribution in [2.75, 3.05) is 14.3 Å². The highest BCUT2D eigenvalue weighted by Gasteiger charge is 2.59. The van der Waals surface area contributed by atoms with Gasteiger partial charge in [-0.15, -0.1) is 0 Å². The van der Waals surface area contributed by atoms with Crippen LogP contribution in [0.4, 0.5) is 35.0 Å². The number of amides is 3. The Balaban J connectivity index is 1.45. The molecule has 1 fully saturated rings. The normalized spacial score (nSPS) is 17.4. The van der Waals surface area contributed by atoms with Crippen molar-refractivity contribution >= 4 is 58.9 Å². The molecule has 20 heteroatoms. The Bertz CT molecular complexity index is 2550. The highest BCUT2D eigenvalue weighted by molar-refractivity contribution is 7.92. The Kier molecular flexibility index (Phi) is 11.4. The summed E-state index contributed by atoms with van der Waals surface area (Å²) in [5.41, 5.74) is -6.77. The van der Waals surface area contributed by atoms with Gasteiger partial charge in [0, 0.05) is 24.2 Å². The molecule has 304 valence electrons. The molecule has 3 N–H and O–H groups in total. The van der Waals surface area contributed by atoms with Crippen LogP contribution in [0, 0.1) is 0 Å². The van der Waals surface area contributed by atoms with E-state index in [2.05, 4.69) is 24.7 Å². The number of imide groups is 1. The molecule has 0 saturated carbocycles. The summed E-state index contributed by atoms with van der Waals surface area (Å²) >= 11 is 0. The van der Waals surface area contributed by atoms with Crippen LogP contribution in [-0.2, 0) is 46.2 Å². The van der Waals surface area contributed by atoms with Gasteiger partial charge in [0.1, 0.15) is 5.54 Å². The Morgan fingerprint density at radius 2 is 1.10 bits per heavy atom. The molecule has 3 heterocycles. The fourth-order valence-electron chi connectivity index (χ4n) is 6.89. The smallest absolute Gasteiger partial charge is 0.322 e. The first-order valence-corrected chi connectivity index (χ1v) is 22.1. The predicted molar refractivity (Wildman–Crippen MR) is 209 cm³/mol. The van der Waals surface area contributed by atoms with Crippen LogP contribution in [-0.4, -0.2) is 58.2 Å². The second kappa shape index (κ2) is 15.8. The number of carbonyl (C=O) groups is 2. The summed E-state index contributed by atoms with van der Waals surface area (Å²) < 4.78 is 123. The average molecular weight is 857 g/mol. The van der Waals surface area contributed by atoms with E-state index in [4.69, 9.17) is 0 Å². The number of pyridine rings is 2. The van der Waals surface area contributed by atoms with Gasteiger partial charge in [0.2, 0.25) is 20.0 Å². The van der Waals surface area contributed by atoms with E-state index in [1.807, 2.05) is 0 Å². The third kappa shape index (κ3) is 8.39. The van der Waals surface area contributed by atoms with E-state index < -0.39 is 81.1 Å². The monoisotopic (exact) mass is 856 g/mol. The number of carbonyl (C=O) groups excluding carboxylic acids is 2. The molecule has 58 heavy (non-hydrogen) atoms. The lowest BCUT2D eigenvalue weighted by atomic mass is 9.69. The van der Waals surface area contributed by atoms with E-state index in [9.17, 15) is 43.2 Å². The van der Waals surface area contributed by atoms with Gasteiger partial charge in [-0.3, -0.25) is 24.2 Å². The predicted octanol–water partition coefficient (Wildman–Crippen LogP) is 6.06. The molecule has 3 aromatic carbocycles. The van der Waals surface area contributed by atoms with E-state index in [-0.39, 0.29) is 28.2 Å². The number of hydrogen-bond donors (Lipinski definition) is 3. The Hall–Kier alpha value is -5.86. The zero-order chi connectivity index (χ0) is 42.1. The fraction of sp³-hybridized carbons (Fsp3) is 0.211. The summed E-state index contributed by atoms with van der Waals surface area (Å²) in [7, 11) is -14.0. The van der Waals surface area contributed by atoms with Crippen molar-refractivity contribution in [3.63, 3.8) is 0 Å². The van der Waals surface area contributed by atoms with Crippen LogP contribution in [0.5, 0.6) is 0 Å². The molecule has 2 unspecified atom stereocenters. The Morgan fingerprint density at radius 1 is 0.672 bits per heavy atom. The summed E-state index contributed by atoms with van der Waals surface area (Å²) in [6.45, 7) is 3.06. The first-order valence-electron chi connectivity index (χ1n) is 17.3. The van der Waals surface area contributed by atoms with Gasteiger partial charge in [0.15, 0.2) is 0 Å². The SMILES string of the molecule is CC(c1ccncc1NS(=O)(=O)Cc1ccccc1)C1(C(C)c2ccncc2NS(=O)(=O)Cc2ccccc2)NC(=O)N(c2ccc(S(=O)(=O)C(F)(F)F)cc2)C1=O. The maximum atomic E-state index is 15.0. The molecule has 6 rings (SSSR count). The topological polar surface area (TPSA) is 202 Å². The van der Waals surface area contributed by atoms with Crippen molar-refractivity contribution in [2.45, 2.75) is 53.1 Å². The van der Waals surface area contributed by atoms with Crippen LogP contribution in [0.3, 0.4) is 0 Å². The second-order valence-corrected chi connectivity index (χ2v) is 18.8. The molecule has 5 aromatic rings. The number of anilines is 3. The van der Waals surface area contributed by atoms with Crippen LogP contribution in [0.2, 0.25) is 0 Å². The van der Waals surface area contributed by atoms with Crippen molar-refractivity contribution in [2.24, 2.45) is 0 Å². The van der Waals surface area contributed by atoms with Crippen molar-refractivity contribution < 1.29 is 48.0 Å². The zero-order valence-corrected chi connectivity index (χ0v) is 33.0. The number of halogens is 3. The van der Waals surface area contributed by atoms with Gasteiger partial charge in [-0.2, -0.15) is 13.2 Å². The first-order chi connectivity index (χ1) is 27.3. The largest absolute Gasteiger partial charge is 0.501 e. The number of sulfone groups is 1. The fourth-order valence-corrected chi connectivity index (χ4v) is 10.1. The van der Waals surface area contributed by atoms with Crippen LogP contribution in [0.1, 0.15) is 47.9 Å². The van der Waals surface area contributed by atoms with Crippen LogP contribution >= 0.6 is 0 Å². The standard InChI is InChI=1S/C38H35F3N6O8S3/c1-25(31-17-19-42-21-33(31)45-56(50,51)23-27-9-5-3-6-10-27)37(26(2)32-18-20-43-22-34(32)46-57(52,53)24-28-11-7-4-8-12-28)35(48)47(36(49)44-37)29-13-15-30(16-14-29)58(54,55)38(39,40)41/h3-22,25-26,45-46H,23-24H2,1-2H3,(H,44,49). The second-order valence-electron chi connectivity index (χ2n) is 13.4. The Labute approximate surface area is 332 Å². The molecule has 1 saturated heterocycles. The number of nitrogens with one attached hydrogen (secondary N) is 3. The highest BCUT2D eigenvalue weighted by Crippen LogP contribution is 2.48. The van der Waals surface area contributed by atoms with Gasteiger partial charge >= 0.3 is 11.5 Å². The number of rotatable bonds is 14. The van der Waals surface area contributed by atoms with Gasteiger partial charge in [-0.1, -0.05) is 74.5 Å². The van der Waals surface area contributed by atoms with E-state index in [0.29, 0.717) is 28.2 Å². The van der Waals surface area contributed by atoms with Gasteiger partial charge in [0.05, 0.1) is 45.9 Å². The van der Waals surface area contributed by atoms with E-state index in [0.717, 1.165) is 12.1 Å². The molecule has 0 aliphatic carbocycles. The summed E-state index contributed by atoms with van der Waals surface area (Å²) in [4.78, 5) is 36.7. The van der Waals surface area contributed by atoms with E-state index in [1.165, 1.54) is 50.8 Å². The molecular weight excluding hydrogens is 822 g/mol. The van der Waals surface area contributed by atoms with Crippen LogP contribution in [0.25, 0.3) is 0 Å². The third-order valence-corrected chi connectivity index (χ3v) is 13.7. The lowest BCUT2D eigenvalue weighted by molar-refractivity contribution is -0.123. The molecule has 1 aliphatic heterocycles. The number of alkyl halides is 3. The lowest BCUT2D eigenvalue weighted by Gasteiger charge is -2.39. The summed E-state index contributed by atoms with van der Waals surface area (Å²) in [6, 6.07) is 21.4. The summed E-state index contributed by atoms with van der Waals surface area (Å²) in [5, 5.41) is 2.74. The molecule has 0 bridgehead atoms. The molecule has 14 nitrogen and oxygen atoms in total. The van der Waals surface area contributed by atoms with Gasteiger partial charge in [-0.25, -0.2) is 34.9 Å². The van der Waals surface area contributed by atoms with E-state index >= 15 is 4.79 Å². The highest BCUT2D eigenvalue weighted by atomic mass is 32.2. The minimum absolute atomic E-state index is 0.0433. The van der Waals surface area contributed by atoms with Crippen molar-refractivity contribution in [3.8, 4) is 0 Å². The van der Waals surface area contributed by atoms with Crippen LogP contribution < -0.4 is 19.7 Å². The minimum atomic E-state index is -5.77. The molecule has 0 spiro atoms. The first kappa shape index (κ1) is 41.8. The molecule has 2 atom stereocenters. The number of sulfonamides is 2. The molecular formula is C38H35F3N6O8S3. The van der Waals surface area contributed by atoms with Crippen LogP contribution in [0.15, 0.2) is 127 Å². The average Bonchev–Trinajstić information content (AvgIpc) is 3.44. The van der Waals surface area contributed by atoms with E-state index in [1.54, 1.807) is 60.7 Å². The Morgan fingerprint density at radius 3 is 1.52 bits per heavy atom. The van der Waals surface area contributed by atoms with Gasteiger partial charge in [0.25, 0.3) is 15.7 Å². The molecule has 2 aromatic heterocycles. The molecule has 0 radical (unpaired) electrons. The molecule has 3 amide bonds. The number of benzene rings is 3. The summed E-state index contributed by atoms with van der Waals surface area (Å²) in [6.07, 6.45) is 5.13.